The number of nitrogens with zero attached hydrogens (tertiary/aromatic N) is 4. The minimum atomic E-state index is -0.193. The van der Waals surface area contributed by atoms with Gasteiger partial charge in [0, 0.05) is 37.0 Å². The van der Waals surface area contributed by atoms with Crippen LogP contribution in [-0.4, -0.2) is 31.5 Å². The lowest BCUT2D eigenvalue weighted by Crippen LogP contribution is -2.46. The van der Waals surface area contributed by atoms with Crippen LogP contribution in [0.4, 0.5) is 11.6 Å². The Morgan fingerprint density at radius 3 is 2.44 bits per heavy atom. The number of imidazole rings is 1. The minimum Gasteiger partial charge on any atom is -0.347 e. The first-order chi connectivity index (χ1) is 12.9. The van der Waals surface area contributed by atoms with Gasteiger partial charge in [-0.15, -0.1) is 0 Å². The summed E-state index contributed by atoms with van der Waals surface area (Å²) in [5.74, 6) is 0.254. The van der Waals surface area contributed by atoms with Crippen molar-refractivity contribution in [3.05, 3.63) is 67.0 Å². The van der Waals surface area contributed by atoms with E-state index in [2.05, 4.69) is 46.4 Å². The number of nitrogens with one attached hydrogen (secondary N) is 2. The summed E-state index contributed by atoms with van der Waals surface area (Å²) in [6.07, 6.45) is 8.43. The molecule has 3 aromatic rings. The van der Waals surface area contributed by atoms with Gasteiger partial charge in [-0.05, 0) is 17.5 Å². The van der Waals surface area contributed by atoms with Gasteiger partial charge >= 0.3 is 0 Å². The van der Waals surface area contributed by atoms with Crippen LogP contribution < -0.4 is 10.6 Å². The zero-order valence-corrected chi connectivity index (χ0v) is 15.8. The third kappa shape index (κ3) is 5.13. The maximum Gasteiger partial charge on any atom is 0.254 e. The number of hydrogen-bond acceptors (Lipinski definition) is 5. The lowest BCUT2D eigenvalue weighted by atomic mass is 9.86. The summed E-state index contributed by atoms with van der Waals surface area (Å²) in [5, 5.41) is 6.19. The van der Waals surface area contributed by atoms with Gasteiger partial charge in [-0.1, -0.05) is 39.0 Å². The fourth-order valence-electron chi connectivity index (χ4n) is 2.54. The lowest BCUT2D eigenvalue weighted by Gasteiger charge is -2.31. The van der Waals surface area contributed by atoms with Gasteiger partial charge in [-0.3, -0.25) is 4.79 Å². The Morgan fingerprint density at radius 1 is 1.15 bits per heavy atom. The van der Waals surface area contributed by atoms with Crippen molar-refractivity contribution in [1.29, 1.82) is 0 Å². The molecule has 2 N–H and O–H groups in total. The van der Waals surface area contributed by atoms with E-state index >= 15 is 0 Å². The molecule has 1 aromatic carbocycles. The number of aromatic nitrogens is 4. The van der Waals surface area contributed by atoms with Crippen molar-refractivity contribution in [2.75, 3.05) is 5.32 Å². The molecule has 27 heavy (non-hydrogen) atoms. The lowest BCUT2D eigenvalue weighted by molar-refractivity contribution is 0.0892. The topological polar surface area (TPSA) is 84.7 Å². The molecule has 0 saturated heterocycles. The number of carbonyl (C=O) groups excluding carboxylic acids is 1. The highest BCUT2D eigenvalue weighted by molar-refractivity contribution is 5.93. The quantitative estimate of drug-likeness (QED) is 0.701. The van der Waals surface area contributed by atoms with E-state index in [4.69, 9.17) is 0 Å². The van der Waals surface area contributed by atoms with Gasteiger partial charge in [0.2, 0.25) is 5.95 Å². The van der Waals surface area contributed by atoms with Gasteiger partial charge in [0.05, 0.1) is 17.9 Å². The summed E-state index contributed by atoms with van der Waals surface area (Å²) in [6.45, 7) is 6.93. The first-order valence-electron chi connectivity index (χ1n) is 8.82. The molecule has 0 aliphatic rings. The van der Waals surface area contributed by atoms with Gasteiger partial charge in [0.15, 0.2) is 0 Å². The van der Waals surface area contributed by atoms with Crippen molar-refractivity contribution in [1.82, 2.24) is 24.8 Å². The molecule has 7 heteroatoms. The molecule has 2 aromatic heterocycles. The molecule has 0 aliphatic carbocycles. The van der Waals surface area contributed by atoms with Gasteiger partial charge in [0.25, 0.3) is 5.91 Å². The van der Waals surface area contributed by atoms with Crippen LogP contribution in [0.1, 0.15) is 31.1 Å². The number of hydrogen-bond donors (Lipinski definition) is 2. The van der Waals surface area contributed by atoms with E-state index in [1.807, 2.05) is 41.1 Å². The highest BCUT2D eigenvalue weighted by Gasteiger charge is 2.27. The molecule has 0 bridgehead atoms. The zero-order chi connectivity index (χ0) is 19.3. The van der Waals surface area contributed by atoms with E-state index < -0.39 is 0 Å². The monoisotopic (exact) mass is 364 g/mol. The second kappa shape index (κ2) is 7.99. The smallest absolute Gasteiger partial charge is 0.254 e. The Hall–Kier alpha value is -3.22. The van der Waals surface area contributed by atoms with E-state index in [-0.39, 0.29) is 17.4 Å². The van der Waals surface area contributed by atoms with Crippen LogP contribution in [0.25, 0.3) is 0 Å². The summed E-state index contributed by atoms with van der Waals surface area (Å²) >= 11 is 0. The molecule has 1 atom stereocenters. The number of amides is 1. The molecule has 0 radical (unpaired) electrons. The Bertz CT molecular complexity index is 854. The Labute approximate surface area is 158 Å². The fraction of sp³-hybridized carbons (Fsp3) is 0.300. The van der Waals surface area contributed by atoms with Gasteiger partial charge < -0.3 is 15.2 Å². The zero-order valence-electron chi connectivity index (χ0n) is 15.8. The highest BCUT2D eigenvalue weighted by atomic mass is 16.1. The predicted octanol–water partition coefficient (Wildman–Crippen LogP) is 3.26. The summed E-state index contributed by atoms with van der Waals surface area (Å²) in [4.78, 5) is 25.2. The molecular formula is C20H24N6O. The third-order valence-corrected chi connectivity index (χ3v) is 4.25. The minimum absolute atomic E-state index is 0.0682. The SMILES string of the molecule is CC(C)(C)[C@H](Cn1ccnc1)NC(=O)c1cnc(Nc2ccccc2)nc1. The largest absolute Gasteiger partial charge is 0.347 e. The van der Waals surface area contributed by atoms with Crippen LogP contribution in [0.3, 0.4) is 0 Å². The van der Waals surface area contributed by atoms with E-state index in [0.29, 0.717) is 18.1 Å². The van der Waals surface area contributed by atoms with Crippen LogP contribution in [0.5, 0.6) is 0 Å². The number of carbonyl (C=O) groups is 1. The third-order valence-electron chi connectivity index (χ3n) is 4.25. The van der Waals surface area contributed by atoms with Crippen LogP contribution in [0, 0.1) is 5.41 Å². The molecule has 7 nitrogen and oxygen atoms in total. The van der Waals surface area contributed by atoms with Crippen molar-refractivity contribution in [3.8, 4) is 0 Å². The molecule has 140 valence electrons. The predicted molar refractivity (Wildman–Crippen MR) is 105 cm³/mol. The first kappa shape index (κ1) is 18.6. The second-order valence-electron chi connectivity index (χ2n) is 7.44. The van der Waals surface area contributed by atoms with Crippen LogP contribution >= 0.6 is 0 Å². The average Bonchev–Trinajstić information content (AvgIpc) is 3.15. The number of rotatable bonds is 6. The van der Waals surface area contributed by atoms with Crippen molar-refractivity contribution in [2.24, 2.45) is 5.41 Å². The Balaban J connectivity index is 1.67. The summed E-state index contributed by atoms with van der Waals surface area (Å²) in [5.41, 5.74) is 1.20. The molecule has 2 heterocycles. The maximum atomic E-state index is 12.7. The fourth-order valence-corrected chi connectivity index (χ4v) is 2.54. The molecule has 0 unspecified atom stereocenters. The van der Waals surface area contributed by atoms with E-state index in [0.717, 1.165) is 5.69 Å². The number of anilines is 2. The van der Waals surface area contributed by atoms with Crippen molar-refractivity contribution >= 4 is 17.5 Å². The normalized spacial score (nSPS) is 12.4. The molecule has 3 rings (SSSR count). The highest BCUT2D eigenvalue weighted by Crippen LogP contribution is 2.21. The standard InChI is InChI=1S/C20H24N6O/c1-20(2,3)17(13-26-10-9-21-14-26)25-18(27)15-11-22-19(23-12-15)24-16-7-5-4-6-8-16/h4-12,14,17H,13H2,1-3H3,(H,25,27)(H,22,23,24)/t17-/m0/s1. The van der Waals surface area contributed by atoms with E-state index in [9.17, 15) is 4.79 Å². The van der Waals surface area contributed by atoms with Crippen LogP contribution in [0.2, 0.25) is 0 Å². The van der Waals surface area contributed by atoms with Crippen molar-refractivity contribution < 1.29 is 4.79 Å². The van der Waals surface area contributed by atoms with Crippen LogP contribution in [-0.2, 0) is 6.54 Å². The Kier molecular flexibility index (Phi) is 5.49. The Morgan fingerprint density at radius 2 is 1.85 bits per heavy atom. The van der Waals surface area contributed by atoms with E-state index in [1.165, 1.54) is 12.4 Å². The van der Waals surface area contributed by atoms with Gasteiger partial charge in [-0.25, -0.2) is 15.0 Å². The molecule has 0 fully saturated rings. The van der Waals surface area contributed by atoms with E-state index in [1.54, 1.807) is 12.5 Å². The average molecular weight is 364 g/mol. The molecule has 0 saturated carbocycles. The molecule has 0 spiro atoms. The van der Waals surface area contributed by atoms with Crippen molar-refractivity contribution in [3.63, 3.8) is 0 Å². The maximum absolute atomic E-state index is 12.7. The molecule has 0 aliphatic heterocycles. The van der Waals surface area contributed by atoms with Crippen LogP contribution in [0.15, 0.2) is 61.4 Å². The second-order valence-corrected chi connectivity index (χ2v) is 7.44. The molecular weight excluding hydrogens is 340 g/mol. The summed E-state index contributed by atoms with van der Waals surface area (Å²) < 4.78 is 1.96. The summed E-state index contributed by atoms with van der Waals surface area (Å²) in [7, 11) is 0. The summed E-state index contributed by atoms with van der Waals surface area (Å²) in [6, 6.07) is 9.58. The molecule has 1 amide bonds. The van der Waals surface area contributed by atoms with Crippen molar-refractivity contribution in [2.45, 2.75) is 33.4 Å². The number of benzene rings is 1. The van der Waals surface area contributed by atoms with Gasteiger partial charge in [-0.2, -0.15) is 0 Å². The first-order valence-corrected chi connectivity index (χ1v) is 8.82. The number of para-hydroxylation sites is 1. The van der Waals surface area contributed by atoms with Gasteiger partial charge in [0.1, 0.15) is 0 Å².